The molecular weight excluding hydrogens is 240 g/mol. The van der Waals surface area contributed by atoms with Gasteiger partial charge in [-0.3, -0.25) is 4.79 Å². The van der Waals surface area contributed by atoms with E-state index in [0.29, 0.717) is 18.9 Å². The van der Waals surface area contributed by atoms with E-state index in [4.69, 9.17) is 4.42 Å². The van der Waals surface area contributed by atoms with Crippen LogP contribution in [0.2, 0.25) is 0 Å². The van der Waals surface area contributed by atoms with Gasteiger partial charge in [-0.1, -0.05) is 6.92 Å². The van der Waals surface area contributed by atoms with Crippen molar-refractivity contribution in [2.45, 2.75) is 45.1 Å². The lowest BCUT2D eigenvalue weighted by Gasteiger charge is -2.32. The molecule has 0 saturated carbocycles. The molecule has 4 heteroatoms. The third-order valence-corrected chi connectivity index (χ3v) is 3.70. The molecule has 1 aromatic rings. The van der Waals surface area contributed by atoms with Gasteiger partial charge in [0.1, 0.15) is 5.76 Å². The Morgan fingerprint density at radius 2 is 2.26 bits per heavy atom. The van der Waals surface area contributed by atoms with Gasteiger partial charge in [-0.05, 0) is 37.9 Å². The van der Waals surface area contributed by atoms with Gasteiger partial charge < -0.3 is 14.6 Å². The molecule has 1 fully saturated rings. The van der Waals surface area contributed by atoms with Crippen LogP contribution in [-0.4, -0.2) is 36.5 Å². The number of piperidine rings is 1. The second-order valence-corrected chi connectivity index (χ2v) is 5.19. The number of hydrogen-bond acceptors (Lipinski definition) is 3. The fourth-order valence-corrected chi connectivity index (χ4v) is 2.52. The Labute approximate surface area is 115 Å². The van der Waals surface area contributed by atoms with Crippen LogP contribution in [0, 0.1) is 0 Å². The third kappa shape index (κ3) is 4.39. The largest absolute Gasteiger partial charge is 0.469 e. The number of aryl methyl sites for hydroxylation is 1. The number of amides is 1. The smallest absolute Gasteiger partial charge is 0.223 e. The zero-order chi connectivity index (χ0) is 13.5. The van der Waals surface area contributed by atoms with Gasteiger partial charge in [0.2, 0.25) is 5.91 Å². The Hall–Kier alpha value is -1.29. The van der Waals surface area contributed by atoms with Gasteiger partial charge in [-0.15, -0.1) is 0 Å². The summed E-state index contributed by atoms with van der Waals surface area (Å²) < 4.78 is 5.25. The Morgan fingerprint density at radius 3 is 2.89 bits per heavy atom. The Balaban J connectivity index is 1.67. The lowest BCUT2D eigenvalue weighted by atomic mass is 10.0. The van der Waals surface area contributed by atoms with Crippen molar-refractivity contribution in [1.82, 2.24) is 10.2 Å². The highest BCUT2D eigenvalue weighted by molar-refractivity contribution is 5.76. The van der Waals surface area contributed by atoms with E-state index in [-0.39, 0.29) is 5.91 Å². The number of furan rings is 1. The molecular formula is C15H24N2O2. The number of nitrogens with one attached hydrogen (secondary N) is 1. The minimum absolute atomic E-state index is 0.255. The fraction of sp³-hybridized carbons (Fsp3) is 0.667. The van der Waals surface area contributed by atoms with E-state index < -0.39 is 0 Å². The first-order valence-electron chi connectivity index (χ1n) is 7.33. The number of carbonyl (C=O) groups excluding carboxylic acids is 1. The quantitative estimate of drug-likeness (QED) is 0.856. The van der Waals surface area contributed by atoms with E-state index in [1.54, 1.807) is 6.26 Å². The van der Waals surface area contributed by atoms with Crippen LogP contribution >= 0.6 is 0 Å². The van der Waals surface area contributed by atoms with E-state index in [2.05, 4.69) is 12.2 Å². The van der Waals surface area contributed by atoms with Crippen molar-refractivity contribution >= 4 is 5.91 Å². The molecule has 1 amide bonds. The molecule has 2 rings (SSSR count). The van der Waals surface area contributed by atoms with Gasteiger partial charge >= 0.3 is 0 Å². The summed E-state index contributed by atoms with van der Waals surface area (Å²) >= 11 is 0. The van der Waals surface area contributed by atoms with Gasteiger partial charge in [0.25, 0.3) is 0 Å². The number of likely N-dealkylation sites (tertiary alicyclic amines) is 1. The van der Waals surface area contributed by atoms with Gasteiger partial charge in [-0.2, -0.15) is 0 Å². The summed E-state index contributed by atoms with van der Waals surface area (Å²) in [6, 6.07) is 4.38. The van der Waals surface area contributed by atoms with Crippen molar-refractivity contribution in [2.24, 2.45) is 0 Å². The standard InChI is InChI=1S/C15H24N2O2/c1-2-9-16-13-7-10-17(11-8-13)15(18)6-5-14-4-3-12-19-14/h3-4,12-13,16H,2,5-11H2,1H3. The van der Waals surface area contributed by atoms with E-state index in [9.17, 15) is 4.79 Å². The molecule has 0 aromatic carbocycles. The van der Waals surface area contributed by atoms with Crippen LogP contribution in [0.1, 0.15) is 38.4 Å². The minimum atomic E-state index is 0.255. The van der Waals surface area contributed by atoms with Crippen LogP contribution in [0.3, 0.4) is 0 Å². The van der Waals surface area contributed by atoms with Crippen LogP contribution in [-0.2, 0) is 11.2 Å². The summed E-state index contributed by atoms with van der Waals surface area (Å²) in [5.41, 5.74) is 0. The van der Waals surface area contributed by atoms with Crippen LogP contribution < -0.4 is 5.32 Å². The summed E-state index contributed by atoms with van der Waals surface area (Å²) in [6.45, 7) is 5.04. The highest BCUT2D eigenvalue weighted by Crippen LogP contribution is 2.13. The first-order chi connectivity index (χ1) is 9.29. The Morgan fingerprint density at radius 1 is 1.47 bits per heavy atom. The summed E-state index contributed by atoms with van der Waals surface area (Å²) in [6.07, 6.45) is 6.24. The molecule has 106 valence electrons. The minimum Gasteiger partial charge on any atom is -0.469 e. The molecule has 1 N–H and O–H groups in total. The first kappa shape index (κ1) is 14.1. The molecule has 2 heterocycles. The predicted octanol–water partition coefficient (Wildman–Crippen LogP) is 2.20. The maximum absolute atomic E-state index is 12.1. The molecule has 4 nitrogen and oxygen atoms in total. The molecule has 0 unspecified atom stereocenters. The molecule has 1 aliphatic rings. The van der Waals surface area contributed by atoms with Crippen molar-refractivity contribution in [3.05, 3.63) is 24.2 Å². The zero-order valence-electron chi connectivity index (χ0n) is 11.7. The lowest BCUT2D eigenvalue weighted by Crippen LogP contribution is -2.45. The van der Waals surface area contributed by atoms with Gasteiger partial charge in [0.15, 0.2) is 0 Å². The summed E-state index contributed by atoms with van der Waals surface area (Å²) in [5, 5.41) is 3.53. The highest BCUT2D eigenvalue weighted by atomic mass is 16.3. The van der Waals surface area contributed by atoms with Crippen molar-refractivity contribution in [3.63, 3.8) is 0 Å². The second-order valence-electron chi connectivity index (χ2n) is 5.19. The predicted molar refractivity (Wildman–Crippen MR) is 74.9 cm³/mol. The summed E-state index contributed by atoms with van der Waals surface area (Å²) in [5.74, 6) is 1.15. The maximum atomic E-state index is 12.1. The normalized spacial score (nSPS) is 16.8. The topological polar surface area (TPSA) is 45.5 Å². The van der Waals surface area contributed by atoms with Crippen LogP contribution in [0.25, 0.3) is 0 Å². The molecule has 0 spiro atoms. The molecule has 0 atom stereocenters. The van der Waals surface area contributed by atoms with Crippen molar-refractivity contribution in [3.8, 4) is 0 Å². The van der Waals surface area contributed by atoms with Gasteiger partial charge in [-0.25, -0.2) is 0 Å². The lowest BCUT2D eigenvalue weighted by molar-refractivity contribution is -0.132. The van der Waals surface area contributed by atoms with Gasteiger partial charge in [0.05, 0.1) is 6.26 Å². The molecule has 0 radical (unpaired) electrons. The molecule has 0 bridgehead atoms. The van der Waals surface area contributed by atoms with Crippen LogP contribution in [0.5, 0.6) is 0 Å². The Bertz CT molecular complexity index is 368. The fourth-order valence-electron chi connectivity index (χ4n) is 2.52. The molecule has 19 heavy (non-hydrogen) atoms. The van der Waals surface area contributed by atoms with E-state index in [1.807, 2.05) is 17.0 Å². The second kappa shape index (κ2) is 7.34. The number of rotatable bonds is 6. The summed E-state index contributed by atoms with van der Waals surface area (Å²) in [7, 11) is 0. The van der Waals surface area contributed by atoms with Crippen molar-refractivity contribution in [2.75, 3.05) is 19.6 Å². The Kier molecular flexibility index (Phi) is 5.45. The van der Waals surface area contributed by atoms with E-state index >= 15 is 0 Å². The maximum Gasteiger partial charge on any atom is 0.223 e. The zero-order valence-corrected chi connectivity index (χ0v) is 11.7. The summed E-state index contributed by atoms with van der Waals surface area (Å²) in [4.78, 5) is 14.1. The molecule has 1 aromatic heterocycles. The average molecular weight is 264 g/mol. The van der Waals surface area contributed by atoms with E-state index in [1.165, 1.54) is 6.42 Å². The van der Waals surface area contributed by atoms with Gasteiger partial charge in [0, 0.05) is 32.0 Å². The number of carbonyl (C=O) groups is 1. The van der Waals surface area contributed by atoms with E-state index in [0.717, 1.165) is 38.2 Å². The molecule has 1 saturated heterocycles. The number of hydrogen-bond donors (Lipinski definition) is 1. The SMILES string of the molecule is CCCNC1CCN(C(=O)CCc2ccco2)CC1. The van der Waals surface area contributed by atoms with Crippen molar-refractivity contribution in [1.29, 1.82) is 0 Å². The van der Waals surface area contributed by atoms with Crippen molar-refractivity contribution < 1.29 is 9.21 Å². The number of nitrogens with zero attached hydrogens (tertiary/aromatic N) is 1. The average Bonchev–Trinajstić information content (AvgIpc) is 2.96. The third-order valence-electron chi connectivity index (χ3n) is 3.70. The monoisotopic (exact) mass is 264 g/mol. The van der Waals surface area contributed by atoms with Crippen LogP contribution in [0.4, 0.5) is 0 Å². The highest BCUT2D eigenvalue weighted by Gasteiger charge is 2.21. The molecule has 1 aliphatic heterocycles. The molecule has 0 aliphatic carbocycles. The van der Waals surface area contributed by atoms with Crippen LogP contribution in [0.15, 0.2) is 22.8 Å². The first-order valence-corrected chi connectivity index (χ1v) is 7.33.